The molecular weight excluding hydrogens is 232 g/mol. The number of rotatable bonds is 2. The van der Waals surface area contributed by atoms with Crippen LogP contribution in [0, 0.1) is 5.92 Å². The average Bonchev–Trinajstić information content (AvgIpc) is 2.85. The van der Waals surface area contributed by atoms with Gasteiger partial charge in [0.05, 0.1) is 11.6 Å². The van der Waals surface area contributed by atoms with E-state index >= 15 is 0 Å². The number of nitrogen functional groups attached to an aromatic ring is 1. The number of nitrogens with zero attached hydrogens (tertiary/aromatic N) is 4. The van der Waals surface area contributed by atoms with Crippen LogP contribution >= 0.6 is 0 Å². The van der Waals surface area contributed by atoms with Gasteiger partial charge in [-0.2, -0.15) is 15.1 Å². The molecule has 96 valence electrons. The minimum absolute atomic E-state index is 0.214. The SMILES string of the molecule is Nc1nc(N2CCCC(CO)C2)c2cn[nH]c2n1. The van der Waals surface area contributed by atoms with Crippen LogP contribution in [0.3, 0.4) is 0 Å². The van der Waals surface area contributed by atoms with Crippen molar-refractivity contribution >= 4 is 22.8 Å². The molecule has 1 aliphatic rings. The Bertz CT molecular complexity index is 553. The fourth-order valence-electron chi connectivity index (χ4n) is 2.48. The minimum Gasteiger partial charge on any atom is -0.396 e. The summed E-state index contributed by atoms with van der Waals surface area (Å²) < 4.78 is 0. The molecule has 7 heteroatoms. The van der Waals surface area contributed by atoms with Crippen molar-refractivity contribution in [3.8, 4) is 0 Å². The number of aliphatic hydroxyl groups excluding tert-OH is 1. The zero-order chi connectivity index (χ0) is 12.5. The number of H-pyrrole nitrogens is 1. The monoisotopic (exact) mass is 248 g/mol. The number of fused-ring (bicyclic) bond motifs is 1. The second-order valence-corrected chi connectivity index (χ2v) is 4.67. The van der Waals surface area contributed by atoms with Gasteiger partial charge in [-0.25, -0.2) is 0 Å². The van der Waals surface area contributed by atoms with Crippen LogP contribution in [0.5, 0.6) is 0 Å². The zero-order valence-electron chi connectivity index (χ0n) is 10.0. The lowest BCUT2D eigenvalue weighted by Gasteiger charge is -2.32. The van der Waals surface area contributed by atoms with Gasteiger partial charge in [0.25, 0.3) is 0 Å². The Kier molecular flexibility index (Phi) is 2.75. The summed E-state index contributed by atoms with van der Waals surface area (Å²) in [5.74, 6) is 1.36. The predicted molar refractivity (Wildman–Crippen MR) is 68.1 cm³/mol. The van der Waals surface area contributed by atoms with Gasteiger partial charge in [0.15, 0.2) is 5.65 Å². The molecule has 1 atom stereocenters. The first kappa shape index (κ1) is 11.2. The molecule has 18 heavy (non-hydrogen) atoms. The second-order valence-electron chi connectivity index (χ2n) is 4.67. The fraction of sp³-hybridized carbons (Fsp3) is 0.545. The highest BCUT2D eigenvalue weighted by atomic mass is 16.3. The number of aromatic amines is 1. The molecule has 2 aromatic rings. The third kappa shape index (κ3) is 1.86. The number of nitrogens with two attached hydrogens (primary N) is 1. The Morgan fingerprint density at radius 3 is 3.22 bits per heavy atom. The largest absolute Gasteiger partial charge is 0.396 e. The summed E-state index contributed by atoms with van der Waals surface area (Å²) in [6.07, 6.45) is 3.82. The predicted octanol–water partition coefficient (Wildman–Crippen LogP) is 0.144. The van der Waals surface area contributed by atoms with Crippen LogP contribution in [0.2, 0.25) is 0 Å². The third-order valence-electron chi connectivity index (χ3n) is 3.38. The van der Waals surface area contributed by atoms with Crippen LogP contribution in [0.15, 0.2) is 6.20 Å². The maximum absolute atomic E-state index is 9.28. The zero-order valence-corrected chi connectivity index (χ0v) is 10.0. The van der Waals surface area contributed by atoms with E-state index in [1.54, 1.807) is 6.20 Å². The molecule has 1 unspecified atom stereocenters. The van der Waals surface area contributed by atoms with Gasteiger partial charge in [-0.05, 0) is 18.8 Å². The molecule has 0 aromatic carbocycles. The first-order valence-electron chi connectivity index (χ1n) is 6.10. The van der Waals surface area contributed by atoms with Gasteiger partial charge >= 0.3 is 0 Å². The van der Waals surface area contributed by atoms with E-state index in [1.807, 2.05) is 0 Å². The van der Waals surface area contributed by atoms with E-state index in [1.165, 1.54) is 0 Å². The Morgan fingerprint density at radius 2 is 2.39 bits per heavy atom. The van der Waals surface area contributed by atoms with E-state index in [9.17, 15) is 5.11 Å². The topological polar surface area (TPSA) is 104 Å². The average molecular weight is 248 g/mol. The van der Waals surface area contributed by atoms with Gasteiger partial charge in [-0.1, -0.05) is 0 Å². The maximum Gasteiger partial charge on any atom is 0.224 e. The van der Waals surface area contributed by atoms with Crippen molar-refractivity contribution in [2.75, 3.05) is 30.3 Å². The molecule has 0 aliphatic carbocycles. The lowest BCUT2D eigenvalue weighted by atomic mass is 9.99. The number of aliphatic hydroxyl groups is 1. The molecule has 3 rings (SSSR count). The van der Waals surface area contributed by atoms with E-state index in [-0.39, 0.29) is 12.6 Å². The van der Waals surface area contributed by atoms with Crippen LogP contribution < -0.4 is 10.6 Å². The summed E-state index contributed by atoms with van der Waals surface area (Å²) >= 11 is 0. The minimum atomic E-state index is 0.214. The van der Waals surface area contributed by atoms with Gasteiger partial charge in [-0.3, -0.25) is 5.10 Å². The van der Waals surface area contributed by atoms with Crippen LogP contribution in [0.25, 0.3) is 11.0 Å². The molecule has 2 aromatic heterocycles. The van der Waals surface area contributed by atoms with Gasteiger partial charge in [0.1, 0.15) is 5.82 Å². The molecule has 0 bridgehead atoms. The van der Waals surface area contributed by atoms with Crippen molar-refractivity contribution in [3.63, 3.8) is 0 Å². The highest BCUT2D eigenvalue weighted by molar-refractivity contribution is 5.87. The number of anilines is 2. The summed E-state index contributed by atoms with van der Waals surface area (Å²) in [7, 11) is 0. The standard InChI is InChI=1S/C11H16N6O/c12-11-14-9-8(4-13-16-9)10(15-11)17-3-1-2-7(5-17)6-18/h4,7,18H,1-3,5-6H2,(H3,12,13,14,15,16). The third-order valence-corrected chi connectivity index (χ3v) is 3.38. The van der Waals surface area contributed by atoms with E-state index < -0.39 is 0 Å². The smallest absolute Gasteiger partial charge is 0.224 e. The number of hydrogen-bond acceptors (Lipinski definition) is 6. The van der Waals surface area contributed by atoms with Gasteiger partial charge in [0, 0.05) is 19.7 Å². The Morgan fingerprint density at radius 1 is 1.50 bits per heavy atom. The highest BCUT2D eigenvalue weighted by Gasteiger charge is 2.22. The van der Waals surface area contributed by atoms with E-state index in [0.29, 0.717) is 11.6 Å². The van der Waals surface area contributed by atoms with Crippen molar-refractivity contribution in [1.82, 2.24) is 20.2 Å². The molecule has 4 N–H and O–H groups in total. The van der Waals surface area contributed by atoms with Crippen LogP contribution in [-0.2, 0) is 0 Å². The van der Waals surface area contributed by atoms with Crippen molar-refractivity contribution in [2.45, 2.75) is 12.8 Å². The lowest BCUT2D eigenvalue weighted by molar-refractivity contribution is 0.208. The first-order valence-corrected chi connectivity index (χ1v) is 6.10. The van der Waals surface area contributed by atoms with E-state index in [2.05, 4.69) is 25.1 Å². The van der Waals surface area contributed by atoms with Crippen molar-refractivity contribution in [1.29, 1.82) is 0 Å². The molecule has 7 nitrogen and oxygen atoms in total. The normalized spacial score (nSPS) is 20.5. The van der Waals surface area contributed by atoms with Gasteiger partial charge in [-0.15, -0.1) is 0 Å². The van der Waals surface area contributed by atoms with Crippen LogP contribution in [-0.4, -0.2) is 45.0 Å². The molecule has 0 radical (unpaired) electrons. The van der Waals surface area contributed by atoms with Crippen molar-refractivity contribution in [2.24, 2.45) is 5.92 Å². The fourth-order valence-corrected chi connectivity index (χ4v) is 2.48. The second kappa shape index (κ2) is 4.41. The van der Waals surface area contributed by atoms with Crippen LogP contribution in [0.4, 0.5) is 11.8 Å². The molecule has 0 amide bonds. The molecule has 0 spiro atoms. The highest BCUT2D eigenvalue weighted by Crippen LogP contribution is 2.27. The maximum atomic E-state index is 9.28. The molecule has 1 fully saturated rings. The molecule has 0 saturated carbocycles. The lowest BCUT2D eigenvalue weighted by Crippen LogP contribution is -2.37. The number of piperidine rings is 1. The van der Waals surface area contributed by atoms with Crippen molar-refractivity contribution < 1.29 is 5.11 Å². The summed E-state index contributed by atoms with van der Waals surface area (Å²) in [6, 6.07) is 0. The number of hydrogen-bond donors (Lipinski definition) is 3. The Balaban J connectivity index is 2.00. The van der Waals surface area contributed by atoms with E-state index in [4.69, 9.17) is 5.73 Å². The summed E-state index contributed by atoms with van der Waals surface area (Å²) in [4.78, 5) is 10.6. The molecule has 3 heterocycles. The molecular formula is C11H16N6O. The summed E-state index contributed by atoms with van der Waals surface area (Å²) in [5, 5.41) is 16.9. The molecule has 1 aliphatic heterocycles. The van der Waals surface area contributed by atoms with Crippen LogP contribution in [0.1, 0.15) is 12.8 Å². The van der Waals surface area contributed by atoms with E-state index in [0.717, 1.165) is 37.1 Å². The number of nitrogens with one attached hydrogen (secondary N) is 1. The quantitative estimate of drug-likeness (QED) is 0.698. The van der Waals surface area contributed by atoms with Gasteiger partial charge in [0.2, 0.25) is 5.95 Å². The Labute approximate surface area is 104 Å². The Hall–Kier alpha value is -1.89. The summed E-state index contributed by atoms with van der Waals surface area (Å²) in [5.41, 5.74) is 6.37. The molecule has 1 saturated heterocycles. The summed E-state index contributed by atoms with van der Waals surface area (Å²) in [6.45, 7) is 1.94. The number of aromatic nitrogens is 4. The van der Waals surface area contributed by atoms with Gasteiger partial charge < -0.3 is 15.7 Å². The van der Waals surface area contributed by atoms with Crippen molar-refractivity contribution in [3.05, 3.63) is 6.20 Å². The first-order chi connectivity index (χ1) is 8.78.